The van der Waals surface area contributed by atoms with E-state index in [9.17, 15) is 0 Å². The van der Waals surface area contributed by atoms with Crippen LogP contribution < -0.4 is 10.1 Å². The minimum atomic E-state index is 0.744. The van der Waals surface area contributed by atoms with Gasteiger partial charge in [0.25, 0.3) is 0 Å². The quantitative estimate of drug-likeness (QED) is 0.873. The lowest BCUT2D eigenvalue weighted by Gasteiger charge is -2.07. The Morgan fingerprint density at radius 1 is 1.18 bits per heavy atom. The number of rotatable bonds is 4. The Labute approximate surface area is 101 Å². The van der Waals surface area contributed by atoms with E-state index < -0.39 is 0 Å². The topological polar surface area (TPSA) is 34.1 Å². The first-order valence-electron chi connectivity index (χ1n) is 5.58. The van der Waals surface area contributed by atoms with Gasteiger partial charge in [-0.25, -0.2) is 4.98 Å². The van der Waals surface area contributed by atoms with Crippen molar-refractivity contribution in [3.8, 4) is 5.75 Å². The van der Waals surface area contributed by atoms with Gasteiger partial charge in [-0.3, -0.25) is 0 Å². The van der Waals surface area contributed by atoms with E-state index in [2.05, 4.69) is 16.4 Å². The zero-order valence-electron chi connectivity index (χ0n) is 10.1. The van der Waals surface area contributed by atoms with Crippen molar-refractivity contribution in [3.05, 3.63) is 53.7 Å². The molecule has 88 valence electrons. The third kappa shape index (κ3) is 3.21. The third-order valence-electron chi connectivity index (χ3n) is 2.50. The second kappa shape index (κ2) is 5.34. The maximum Gasteiger partial charge on any atom is 0.126 e. The van der Waals surface area contributed by atoms with E-state index in [0.29, 0.717) is 0 Å². The highest BCUT2D eigenvalue weighted by molar-refractivity contribution is 5.37. The minimum Gasteiger partial charge on any atom is -0.497 e. The molecular weight excluding hydrogens is 212 g/mol. The summed E-state index contributed by atoms with van der Waals surface area (Å²) in [6.45, 7) is 2.73. The Hall–Kier alpha value is -2.03. The number of benzene rings is 1. The van der Waals surface area contributed by atoms with E-state index in [4.69, 9.17) is 4.74 Å². The van der Waals surface area contributed by atoms with Crippen molar-refractivity contribution in [1.82, 2.24) is 4.98 Å². The normalized spacial score (nSPS) is 10.0. The van der Waals surface area contributed by atoms with Crippen molar-refractivity contribution in [3.63, 3.8) is 0 Å². The standard InChI is InChI=1S/C14H16N2O/c1-11-5-3-8-14(16-11)15-10-12-6-4-7-13(9-12)17-2/h3-9H,10H2,1-2H3,(H,15,16). The summed E-state index contributed by atoms with van der Waals surface area (Å²) in [6, 6.07) is 13.9. The molecule has 0 unspecified atom stereocenters. The Kier molecular flexibility index (Phi) is 3.60. The molecule has 0 atom stereocenters. The molecule has 3 nitrogen and oxygen atoms in total. The number of nitrogens with zero attached hydrogens (tertiary/aromatic N) is 1. The highest BCUT2D eigenvalue weighted by Crippen LogP contribution is 2.14. The third-order valence-corrected chi connectivity index (χ3v) is 2.50. The molecule has 0 saturated heterocycles. The van der Waals surface area contributed by atoms with E-state index in [1.807, 2.05) is 43.3 Å². The highest BCUT2D eigenvalue weighted by atomic mass is 16.5. The van der Waals surface area contributed by atoms with E-state index in [1.165, 1.54) is 5.56 Å². The van der Waals surface area contributed by atoms with Gasteiger partial charge < -0.3 is 10.1 Å². The number of pyridine rings is 1. The Bertz CT molecular complexity index is 497. The zero-order chi connectivity index (χ0) is 12.1. The van der Waals surface area contributed by atoms with Crippen LogP contribution in [0.5, 0.6) is 5.75 Å². The number of aromatic nitrogens is 1. The van der Waals surface area contributed by atoms with Gasteiger partial charge in [0.1, 0.15) is 11.6 Å². The summed E-state index contributed by atoms with van der Waals surface area (Å²) < 4.78 is 5.18. The molecule has 2 aromatic rings. The molecule has 0 bridgehead atoms. The van der Waals surface area contributed by atoms with Crippen LogP contribution in [-0.2, 0) is 6.54 Å². The molecule has 0 radical (unpaired) electrons. The lowest BCUT2D eigenvalue weighted by molar-refractivity contribution is 0.414. The molecule has 1 N–H and O–H groups in total. The Morgan fingerprint density at radius 2 is 2.00 bits per heavy atom. The number of anilines is 1. The van der Waals surface area contributed by atoms with Gasteiger partial charge in [-0.15, -0.1) is 0 Å². The minimum absolute atomic E-state index is 0.744. The average Bonchev–Trinajstić information content (AvgIpc) is 2.37. The Balaban J connectivity index is 2.02. The zero-order valence-corrected chi connectivity index (χ0v) is 10.1. The van der Waals surface area contributed by atoms with E-state index in [0.717, 1.165) is 23.8 Å². The molecule has 1 aromatic carbocycles. The SMILES string of the molecule is COc1cccc(CNc2cccc(C)n2)c1. The fourth-order valence-corrected chi connectivity index (χ4v) is 1.62. The second-order valence-corrected chi connectivity index (χ2v) is 3.87. The molecule has 2 rings (SSSR count). The molecule has 0 amide bonds. The maximum absolute atomic E-state index is 5.18. The second-order valence-electron chi connectivity index (χ2n) is 3.87. The first-order valence-corrected chi connectivity index (χ1v) is 5.58. The van der Waals surface area contributed by atoms with Crippen LogP contribution >= 0.6 is 0 Å². The molecule has 0 aliphatic heterocycles. The van der Waals surface area contributed by atoms with Gasteiger partial charge in [-0.05, 0) is 36.8 Å². The van der Waals surface area contributed by atoms with Crippen LogP contribution in [0.15, 0.2) is 42.5 Å². The molecule has 17 heavy (non-hydrogen) atoms. The summed E-state index contributed by atoms with van der Waals surface area (Å²) >= 11 is 0. The Morgan fingerprint density at radius 3 is 2.76 bits per heavy atom. The van der Waals surface area contributed by atoms with Gasteiger partial charge in [0.05, 0.1) is 7.11 Å². The molecule has 1 aromatic heterocycles. The molecule has 0 aliphatic carbocycles. The monoisotopic (exact) mass is 228 g/mol. The molecule has 0 saturated carbocycles. The van der Waals surface area contributed by atoms with Crippen LogP contribution in [0.4, 0.5) is 5.82 Å². The van der Waals surface area contributed by atoms with Crippen LogP contribution in [0.2, 0.25) is 0 Å². The summed E-state index contributed by atoms with van der Waals surface area (Å²) in [5, 5.41) is 3.29. The summed E-state index contributed by atoms with van der Waals surface area (Å²) in [6.07, 6.45) is 0. The van der Waals surface area contributed by atoms with Crippen LogP contribution in [0.25, 0.3) is 0 Å². The smallest absolute Gasteiger partial charge is 0.126 e. The van der Waals surface area contributed by atoms with Gasteiger partial charge in [-0.1, -0.05) is 18.2 Å². The van der Waals surface area contributed by atoms with Gasteiger partial charge in [0.2, 0.25) is 0 Å². The largest absolute Gasteiger partial charge is 0.497 e. The maximum atomic E-state index is 5.18. The number of methoxy groups -OCH3 is 1. The van der Waals surface area contributed by atoms with E-state index in [1.54, 1.807) is 7.11 Å². The van der Waals surface area contributed by atoms with Gasteiger partial charge in [0.15, 0.2) is 0 Å². The van der Waals surface area contributed by atoms with Crippen molar-refractivity contribution >= 4 is 5.82 Å². The first kappa shape index (κ1) is 11.5. The molecule has 1 heterocycles. The van der Waals surface area contributed by atoms with Crippen LogP contribution in [0.1, 0.15) is 11.3 Å². The number of hydrogen-bond donors (Lipinski definition) is 1. The van der Waals surface area contributed by atoms with Crippen molar-refractivity contribution < 1.29 is 4.74 Å². The number of ether oxygens (including phenoxy) is 1. The first-order chi connectivity index (χ1) is 8.28. The number of nitrogens with one attached hydrogen (secondary N) is 1. The lowest BCUT2D eigenvalue weighted by atomic mass is 10.2. The summed E-state index contributed by atoms with van der Waals surface area (Å²) in [4.78, 5) is 4.39. The van der Waals surface area contributed by atoms with Gasteiger partial charge in [-0.2, -0.15) is 0 Å². The molecule has 0 spiro atoms. The van der Waals surface area contributed by atoms with Crippen molar-refractivity contribution in [2.75, 3.05) is 12.4 Å². The van der Waals surface area contributed by atoms with Gasteiger partial charge in [0, 0.05) is 12.2 Å². The predicted octanol–water partition coefficient (Wildman–Crippen LogP) is 3.01. The molecule has 3 heteroatoms. The van der Waals surface area contributed by atoms with Crippen LogP contribution in [0, 0.1) is 6.92 Å². The molecule has 0 fully saturated rings. The van der Waals surface area contributed by atoms with E-state index >= 15 is 0 Å². The molecular formula is C14H16N2O. The molecule has 0 aliphatic rings. The van der Waals surface area contributed by atoms with Gasteiger partial charge >= 0.3 is 0 Å². The fraction of sp³-hybridized carbons (Fsp3) is 0.214. The van der Waals surface area contributed by atoms with Crippen LogP contribution in [-0.4, -0.2) is 12.1 Å². The summed E-state index contributed by atoms with van der Waals surface area (Å²) in [7, 11) is 1.68. The predicted molar refractivity (Wildman–Crippen MR) is 69.3 cm³/mol. The highest BCUT2D eigenvalue weighted by Gasteiger charge is 1.97. The fourth-order valence-electron chi connectivity index (χ4n) is 1.62. The summed E-state index contributed by atoms with van der Waals surface area (Å²) in [5.41, 5.74) is 2.19. The lowest BCUT2D eigenvalue weighted by Crippen LogP contribution is -2.01. The number of hydrogen-bond acceptors (Lipinski definition) is 3. The van der Waals surface area contributed by atoms with Crippen molar-refractivity contribution in [2.45, 2.75) is 13.5 Å². The van der Waals surface area contributed by atoms with Crippen LogP contribution in [0.3, 0.4) is 0 Å². The summed E-state index contributed by atoms with van der Waals surface area (Å²) in [5.74, 6) is 1.77. The number of aryl methyl sites for hydroxylation is 1. The van der Waals surface area contributed by atoms with Crippen molar-refractivity contribution in [2.24, 2.45) is 0 Å². The average molecular weight is 228 g/mol. The van der Waals surface area contributed by atoms with Crippen molar-refractivity contribution in [1.29, 1.82) is 0 Å². The van der Waals surface area contributed by atoms with E-state index in [-0.39, 0.29) is 0 Å².